The first-order chi connectivity index (χ1) is 10.4. The first kappa shape index (κ1) is 16.8. The number of nitrogens with one attached hydrogen (secondary N) is 1. The largest absolute Gasteiger partial charge is 0.416 e. The lowest BCUT2D eigenvalue weighted by Crippen LogP contribution is -2.17. The number of pyridine rings is 1. The Morgan fingerprint density at radius 2 is 1.68 bits per heavy atom. The molecule has 22 heavy (non-hydrogen) atoms. The summed E-state index contributed by atoms with van der Waals surface area (Å²) in [5, 5.41) is 3.09. The second kappa shape index (κ2) is 7.60. The van der Waals surface area contributed by atoms with Gasteiger partial charge in [-0.3, -0.25) is 4.98 Å². The molecule has 1 aromatic carbocycles. The van der Waals surface area contributed by atoms with Gasteiger partial charge < -0.3 is 5.32 Å². The van der Waals surface area contributed by atoms with Crippen LogP contribution < -0.4 is 5.32 Å². The van der Waals surface area contributed by atoms with E-state index in [2.05, 4.69) is 10.3 Å². The lowest BCUT2D eigenvalue weighted by atomic mass is 10.1. The van der Waals surface area contributed by atoms with Gasteiger partial charge in [0, 0.05) is 24.7 Å². The Labute approximate surface area is 136 Å². The molecule has 0 saturated carbocycles. The molecule has 1 heterocycles. The highest BCUT2D eigenvalue weighted by molar-refractivity contribution is 8.22. The number of rotatable bonds is 4. The van der Waals surface area contributed by atoms with E-state index in [9.17, 15) is 13.2 Å². The summed E-state index contributed by atoms with van der Waals surface area (Å²) in [7, 11) is 0. The molecule has 0 amide bonds. The highest BCUT2D eigenvalue weighted by atomic mass is 32.2. The number of thiocarbonyl (C=S) groups is 1. The minimum atomic E-state index is -4.30. The van der Waals surface area contributed by atoms with E-state index < -0.39 is 11.7 Å². The van der Waals surface area contributed by atoms with Crippen LogP contribution >= 0.6 is 24.0 Å². The predicted molar refractivity (Wildman–Crippen MR) is 86.4 cm³/mol. The molecule has 1 N–H and O–H groups in total. The molecule has 7 heteroatoms. The zero-order valence-electron chi connectivity index (χ0n) is 11.4. The van der Waals surface area contributed by atoms with Crippen LogP contribution in [0.5, 0.6) is 0 Å². The van der Waals surface area contributed by atoms with E-state index in [1.165, 1.54) is 23.9 Å². The number of halogens is 3. The molecule has 0 fully saturated rings. The molecule has 0 atom stereocenters. The molecule has 2 nitrogen and oxygen atoms in total. The minimum absolute atomic E-state index is 0.528. The quantitative estimate of drug-likeness (QED) is 0.832. The van der Waals surface area contributed by atoms with E-state index in [4.69, 9.17) is 12.2 Å². The van der Waals surface area contributed by atoms with Crippen LogP contribution in [0.2, 0.25) is 0 Å². The monoisotopic (exact) mass is 342 g/mol. The first-order valence-corrected chi connectivity index (χ1v) is 7.80. The minimum Gasteiger partial charge on any atom is -0.367 e. The van der Waals surface area contributed by atoms with Gasteiger partial charge in [-0.15, -0.1) is 0 Å². The Bertz CT molecular complexity index is 613. The Morgan fingerprint density at radius 3 is 2.27 bits per heavy atom. The highest BCUT2D eigenvalue weighted by Gasteiger charge is 2.29. The number of aromatic nitrogens is 1. The fourth-order valence-corrected chi connectivity index (χ4v) is 2.58. The zero-order valence-corrected chi connectivity index (χ0v) is 13.1. The fraction of sp³-hybridized carbons (Fsp3) is 0.200. The molecule has 1 aromatic heterocycles. The standard InChI is InChI=1S/C15H13F3N2S2/c16-15(17,18)13-3-1-12(2-4-13)10-22-14(21)20-9-11-5-7-19-8-6-11/h1-8H,9-10H2,(H,20,21). The van der Waals surface area contributed by atoms with Crippen molar-refractivity contribution in [2.75, 3.05) is 0 Å². The molecule has 0 saturated heterocycles. The summed E-state index contributed by atoms with van der Waals surface area (Å²) in [5.74, 6) is 0.528. The number of benzene rings is 1. The van der Waals surface area contributed by atoms with Crippen LogP contribution in [0.1, 0.15) is 16.7 Å². The third kappa shape index (κ3) is 5.31. The molecule has 0 aliphatic carbocycles. The van der Waals surface area contributed by atoms with Crippen LogP contribution in [0.4, 0.5) is 13.2 Å². The normalized spacial score (nSPS) is 11.2. The van der Waals surface area contributed by atoms with Gasteiger partial charge in [0.15, 0.2) is 0 Å². The van der Waals surface area contributed by atoms with Gasteiger partial charge in [-0.25, -0.2) is 0 Å². The molecule has 0 radical (unpaired) electrons. The van der Waals surface area contributed by atoms with Crippen molar-refractivity contribution in [2.24, 2.45) is 0 Å². The zero-order chi connectivity index (χ0) is 16.0. The van der Waals surface area contributed by atoms with Crippen molar-refractivity contribution in [3.8, 4) is 0 Å². The smallest absolute Gasteiger partial charge is 0.367 e. The Kier molecular flexibility index (Phi) is 5.79. The van der Waals surface area contributed by atoms with Gasteiger partial charge in [0.1, 0.15) is 4.32 Å². The molecule has 0 aliphatic heterocycles. The summed E-state index contributed by atoms with van der Waals surface area (Å²) in [6.07, 6.45) is -0.891. The van der Waals surface area contributed by atoms with Gasteiger partial charge in [-0.05, 0) is 35.4 Å². The van der Waals surface area contributed by atoms with Crippen LogP contribution in [0.15, 0.2) is 48.8 Å². The van der Waals surface area contributed by atoms with Gasteiger partial charge >= 0.3 is 6.18 Å². The Morgan fingerprint density at radius 1 is 1.05 bits per heavy atom. The van der Waals surface area contributed by atoms with Crippen molar-refractivity contribution < 1.29 is 13.2 Å². The molecule has 0 bridgehead atoms. The summed E-state index contributed by atoms with van der Waals surface area (Å²) in [6.45, 7) is 0.599. The van der Waals surface area contributed by atoms with Crippen LogP contribution in [0.25, 0.3) is 0 Å². The first-order valence-electron chi connectivity index (χ1n) is 6.41. The van der Waals surface area contributed by atoms with Crippen LogP contribution in [0, 0.1) is 0 Å². The lowest BCUT2D eigenvalue weighted by Gasteiger charge is -2.09. The molecular weight excluding hydrogens is 329 g/mol. The lowest BCUT2D eigenvalue weighted by molar-refractivity contribution is -0.137. The van der Waals surface area contributed by atoms with E-state index in [1.807, 2.05) is 12.1 Å². The maximum Gasteiger partial charge on any atom is 0.416 e. The molecule has 0 unspecified atom stereocenters. The average molecular weight is 342 g/mol. The topological polar surface area (TPSA) is 24.9 Å². The number of hydrogen-bond acceptors (Lipinski definition) is 3. The van der Waals surface area contributed by atoms with Gasteiger partial charge in [0.2, 0.25) is 0 Å². The number of hydrogen-bond donors (Lipinski definition) is 1. The molecule has 116 valence electrons. The van der Waals surface area contributed by atoms with Crippen molar-refractivity contribution in [1.29, 1.82) is 0 Å². The second-order valence-electron chi connectivity index (χ2n) is 4.48. The third-order valence-corrected chi connectivity index (χ3v) is 4.22. The number of thioether (sulfide) groups is 1. The van der Waals surface area contributed by atoms with Crippen molar-refractivity contribution >= 4 is 28.3 Å². The molecular formula is C15H13F3N2S2. The van der Waals surface area contributed by atoms with Crippen molar-refractivity contribution in [1.82, 2.24) is 10.3 Å². The number of nitrogens with zero attached hydrogens (tertiary/aromatic N) is 1. The molecule has 2 rings (SSSR count). The van der Waals surface area contributed by atoms with Crippen LogP contribution in [0.3, 0.4) is 0 Å². The molecule has 0 aliphatic rings. The summed E-state index contributed by atoms with van der Waals surface area (Å²) in [4.78, 5) is 3.93. The fourth-order valence-electron chi connectivity index (χ4n) is 1.66. The third-order valence-electron chi connectivity index (χ3n) is 2.84. The summed E-state index contributed by atoms with van der Waals surface area (Å²) in [6, 6.07) is 8.89. The van der Waals surface area contributed by atoms with Gasteiger partial charge in [0.25, 0.3) is 0 Å². The van der Waals surface area contributed by atoms with Crippen LogP contribution in [-0.2, 0) is 18.5 Å². The Balaban J connectivity index is 1.79. The van der Waals surface area contributed by atoms with E-state index in [0.29, 0.717) is 16.6 Å². The van der Waals surface area contributed by atoms with Crippen molar-refractivity contribution in [3.05, 3.63) is 65.5 Å². The van der Waals surface area contributed by atoms with E-state index in [-0.39, 0.29) is 0 Å². The van der Waals surface area contributed by atoms with E-state index in [0.717, 1.165) is 23.3 Å². The molecule has 0 spiro atoms. The summed E-state index contributed by atoms with van der Waals surface area (Å²) >= 11 is 6.58. The highest BCUT2D eigenvalue weighted by Crippen LogP contribution is 2.29. The maximum absolute atomic E-state index is 12.5. The maximum atomic E-state index is 12.5. The second-order valence-corrected chi connectivity index (χ2v) is 6.13. The SMILES string of the molecule is FC(F)(F)c1ccc(CSC(=S)NCc2ccncc2)cc1. The predicted octanol–water partition coefficient (Wildman–Crippen LogP) is 4.41. The van der Waals surface area contributed by atoms with E-state index >= 15 is 0 Å². The van der Waals surface area contributed by atoms with Gasteiger partial charge in [-0.1, -0.05) is 36.1 Å². The number of alkyl halides is 3. The van der Waals surface area contributed by atoms with E-state index in [1.54, 1.807) is 12.4 Å². The Hall–Kier alpha value is -1.60. The van der Waals surface area contributed by atoms with Crippen molar-refractivity contribution in [3.63, 3.8) is 0 Å². The van der Waals surface area contributed by atoms with Crippen LogP contribution in [-0.4, -0.2) is 9.30 Å². The molecule has 2 aromatic rings. The van der Waals surface area contributed by atoms with Gasteiger partial charge in [0.05, 0.1) is 5.56 Å². The average Bonchev–Trinajstić information content (AvgIpc) is 2.51. The van der Waals surface area contributed by atoms with Gasteiger partial charge in [-0.2, -0.15) is 13.2 Å². The summed E-state index contributed by atoms with van der Waals surface area (Å²) < 4.78 is 38.0. The van der Waals surface area contributed by atoms with Crippen molar-refractivity contribution in [2.45, 2.75) is 18.5 Å². The summed E-state index contributed by atoms with van der Waals surface area (Å²) in [5.41, 5.74) is 1.22.